The smallest absolute Gasteiger partial charge is 0.191 e. The zero-order chi connectivity index (χ0) is 13.0. The quantitative estimate of drug-likeness (QED) is 0.818. The van der Waals surface area contributed by atoms with Gasteiger partial charge in [0.05, 0.1) is 0 Å². The molecule has 0 unspecified atom stereocenters. The molecule has 0 bridgehead atoms. The van der Waals surface area contributed by atoms with Crippen LogP contribution in [0, 0.1) is 0 Å². The second kappa shape index (κ2) is 6.35. The van der Waals surface area contributed by atoms with Crippen molar-refractivity contribution >= 4 is 17.7 Å². The van der Waals surface area contributed by atoms with Gasteiger partial charge < -0.3 is 10.6 Å². The molecule has 0 aromatic heterocycles. The lowest BCUT2D eigenvalue weighted by molar-refractivity contribution is 0.107. The summed E-state index contributed by atoms with van der Waals surface area (Å²) >= 11 is 2.10. The Morgan fingerprint density at radius 1 is 1.21 bits per heavy atom. The SMILES string of the molecule is C1CN=C(NCC2(N3CCSCC3)CCCC2)NC1. The molecule has 4 nitrogen and oxygen atoms in total. The Kier molecular flexibility index (Phi) is 4.53. The van der Waals surface area contributed by atoms with Gasteiger partial charge in [-0.05, 0) is 19.3 Å². The Hall–Kier alpha value is -0.420. The molecule has 19 heavy (non-hydrogen) atoms. The minimum absolute atomic E-state index is 0.405. The lowest BCUT2D eigenvalue weighted by Gasteiger charge is -2.43. The van der Waals surface area contributed by atoms with Gasteiger partial charge in [-0.15, -0.1) is 0 Å². The van der Waals surface area contributed by atoms with Gasteiger partial charge in [0, 0.05) is 49.8 Å². The van der Waals surface area contributed by atoms with Gasteiger partial charge in [-0.25, -0.2) is 0 Å². The van der Waals surface area contributed by atoms with Crippen molar-refractivity contribution in [3.05, 3.63) is 0 Å². The molecule has 3 rings (SSSR count). The molecule has 2 heterocycles. The average Bonchev–Trinajstić information content (AvgIpc) is 2.97. The third-order valence-corrected chi connectivity index (χ3v) is 5.64. The normalized spacial score (nSPS) is 27.7. The molecule has 0 amide bonds. The van der Waals surface area contributed by atoms with Crippen molar-refractivity contribution in [2.24, 2.45) is 4.99 Å². The first kappa shape index (κ1) is 13.6. The van der Waals surface area contributed by atoms with Crippen LogP contribution in [0.4, 0.5) is 0 Å². The van der Waals surface area contributed by atoms with Crippen LogP contribution in [0.25, 0.3) is 0 Å². The Morgan fingerprint density at radius 3 is 2.68 bits per heavy atom. The average molecular weight is 282 g/mol. The molecular weight excluding hydrogens is 256 g/mol. The third-order valence-electron chi connectivity index (χ3n) is 4.70. The molecule has 0 atom stereocenters. The van der Waals surface area contributed by atoms with E-state index in [-0.39, 0.29) is 0 Å². The van der Waals surface area contributed by atoms with E-state index in [9.17, 15) is 0 Å². The second-order valence-corrected chi connectivity index (χ2v) is 7.12. The predicted molar refractivity (Wildman–Crippen MR) is 83.0 cm³/mol. The largest absolute Gasteiger partial charge is 0.356 e. The van der Waals surface area contributed by atoms with Gasteiger partial charge in [-0.3, -0.25) is 9.89 Å². The van der Waals surface area contributed by atoms with Crippen LogP contribution in [0.2, 0.25) is 0 Å². The third kappa shape index (κ3) is 3.19. The van der Waals surface area contributed by atoms with E-state index in [1.807, 2.05) is 0 Å². The number of hydrogen-bond donors (Lipinski definition) is 2. The van der Waals surface area contributed by atoms with Crippen LogP contribution >= 0.6 is 11.8 Å². The fraction of sp³-hybridized carbons (Fsp3) is 0.929. The lowest BCUT2D eigenvalue weighted by Crippen LogP contribution is -2.58. The Bertz CT molecular complexity index is 319. The molecule has 5 heteroatoms. The topological polar surface area (TPSA) is 39.7 Å². The summed E-state index contributed by atoms with van der Waals surface area (Å²) < 4.78 is 0. The van der Waals surface area contributed by atoms with Crippen molar-refractivity contribution in [3.8, 4) is 0 Å². The van der Waals surface area contributed by atoms with Crippen LogP contribution in [-0.4, -0.2) is 60.6 Å². The molecule has 1 saturated heterocycles. The molecule has 2 N–H and O–H groups in total. The van der Waals surface area contributed by atoms with E-state index in [1.54, 1.807) is 0 Å². The Balaban J connectivity index is 1.61. The van der Waals surface area contributed by atoms with E-state index < -0.39 is 0 Å². The molecule has 3 aliphatic rings. The summed E-state index contributed by atoms with van der Waals surface area (Å²) in [6.07, 6.45) is 6.67. The molecule has 0 radical (unpaired) electrons. The molecule has 108 valence electrons. The van der Waals surface area contributed by atoms with Gasteiger partial charge in [0.15, 0.2) is 5.96 Å². The zero-order valence-corrected chi connectivity index (χ0v) is 12.6. The maximum absolute atomic E-state index is 4.54. The number of nitrogens with zero attached hydrogens (tertiary/aromatic N) is 2. The predicted octanol–water partition coefficient (Wildman–Crippen LogP) is 1.29. The van der Waals surface area contributed by atoms with Crippen LogP contribution in [0.3, 0.4) is 0 Å². The van der Waals surface area contributed by atoms with Gasteiger partial charge >= 0.3 is 0 Å². The summed E-state index contributed by atoms with van der Waals surface area (Å²) in [4.78, 5) is 7.30. The van der Waals surface area contributed by atoms with Gasteiger partial charge in [0.2, 0.25) is 0 Å². The highest BCUT2D eigenvalue weighted by atomic mass is 32.2. The van der Waals surface area contributed by atoms with Crippen LogP contribution in [-0.2, 0) is 0 Å². The summed E-state index contributed by atoms with van der Waals surface area (Å²) in [6.45, 7) is 5.66. The molecule has 1 aliphatic carbocycles. The van der Waals surface area contributed by atoms with Crippen LogP contribution in [0.5, 0.6) is 0 Å². The molecule has 2 aliphatic heterocycles. The van der Waals surface area contributed by atoms with Crippen molar-refractivity contribution in [2.75, 3.05) is 44.2 Å². The van der Waals surface area contributed by atoms with E-state index in [0.29, 0.717) is 5.54 Å². The Labute approximate surface area is 120 Å². The Morgan fingerprint density at radius 2 is 2.00 bits per heavy atom. The van der Waals surface area contributed by atoms with E-state index in [4.69, 9.17) is 0 Å². The summed E-state index contributed by atoms with van der Waals surface area (Å²) in [6, 6.07) is 0. The van der Waals surface area contributed by atoms with Crippen molar-refractivity contribution < 1.29 is 0 Å². The molecule has 1 saturated carbocycles. The first-order chi connectivity index (χ1) is 9.39. The van der Waals surface area contributed by atoms with E-state index in [0.717, 1.165) is 25.6 Å². The zero-order valence-electron chi connectivity index (χ0n) is 11.8. The van der Waals surface area contributed by atoms with Crippen LogP contribution < -0.4 is 10.6 Å². The number of hydrogen-bond acceptors (Lipinski definition) is 5. The minimum Gasteiger partial charge on any atom is -0.356 e. The first-order valence-corrected chi connectivity index (χ1v) is 8.90. The van der Waals surface area contributed by atoms with Gasteiger partial charge in [0.1, 0.15) is 0 Å². The van der Waals surface area contributed by atoms with Gasteiger partial charge in [-0.2, -0.15) is 11.8 Å². The monoisotopic (exact) mass is 282 g/mol. The van der Waals surface area contributed by atoms with Crippen molar-refractivity contribution in [2.45, 2.75) is 37.6 Å². The van der Waals surface area contributed by atoms with E-state index in [2.05, 4.69) is 32.3 Å². The highest BCUT2D eigenvalue weighted by Gasteiger charge is 2.39. The molecule has 2 fully saturated rings. The first-order valence-electron chi connectivity index (χ1n) is 7.74. The highest BCUT2D eigenvalue weighted by Crippen LogP contribution is 2.36. The fourth-order valence-electron chi connectivity index (χ4n) is 3.57. The molecule has 0 aromatic rings. The number of thioether (sulfide) groups is 1. The van der Waals surface area contributed by atoms with Crippen molar-refractivity contribution in [1.82, 2.24) is 15.5 Å². The number of guanidine groups is 1. The van der Waals surface area contributed by atoms with Gasteiger partial charge in [0.25, 0.3) is 0 Å². The van der Waals surface area contributed by atoms with Crippen LogP contribution in [0.15, 0.2) is 4.99 Å². The summed E-state index contributed by atoms with van der Waals surface area (Å²) in [5.41, 5.74) is 0.405. The lowest BCUT2D eigenvalue weighted by atomic mass is 9.94. The number of nitrogens with one attached hydrogen (secondary N) is 2. The maximum Gasteiger partial charge on any atom is 0.191 e. The van der Waals surface area contributed by atoms with Gasteiger partial charge in [-0.1, -0.05) is 12.8 Å². The molecule has 0 spiro atoms. The number of aliphatic imine (C=N–C) groups is 1. The molecule has 0 aromatic carbocycles. The second-order valence-electron chi connectivity index (χ2n) is 5.90. The summed E-state index contributed by atoms with van der Waals surface area (Å²) in [7, 11) is 0. The minimum atomic E-state index is 0.405. The van der Waals surface area contributed by atoms with Crippen LogP contribution in [0.1, 0.15) is 32.1 Å². The standard InChI is InChI=1S/C14H26N4S/c1-2-5-14(4-1,18-8-10-19-11-9-18)12-17-13-15-6-3-7-16-13/h1-12H2,(H2,15,16,17). The van der Waals surface area contributed by atoms with E-state index >= 15 is 0 Å². The van der Waals surface area contributed by atoms with Crippen molar-refractivity contribution in [3.63, 3.8) is 0 Å². The van der Waals surface area contributed by atoms with E-state index in [1.165, 1.54) is 56.7 Å². The molecular formula is C14H26N4S. The summed E-state index contributed by atoms with van der Waals surface area (Å²) in [5.74, 6) is 3.64. The fourth-order valence-corrected chi connectivity index (χ4v) is 4.48. The number of rotatable bonds is 3. The maximum atomic E-state index is 4.54. The summed E-state index contributed by atoms with van der Waals surface area (Å²) in [5, 5.41) is 6.97. The highest BCUT2D eigenvalue weighted by molar-refractivity contribution is 7.99. The van der Waals surface area contributed by atoms with Crippen molar-refractivity contribution in [1.29, 1.82) is 0 Å².